The lowest BCUT2D eigenvalue weighted by molar-refractivity contribution is -0.128. The van der Waals surface area contributed by atoms with Crippen molar-refractivity contribution in [2.75, 3.05) is 13.1 Å². The average Bonchev–Trinajstić information content (AvgIpc) is 2.85. The molecule has 3 unspecified atom stereocenters. The van der Waals surface area contributed by atoms with E-state index in [0.717, 1.165) is 30.8 Å². The number of para-hydroxylation sites is 1. The van der Waals surface area contributed by atoms with Crippen LogP contribution in [0.15, 0.2) is 24.3 Å². The Bertz CT molecular complexity index is 450. The standard InChI is InChI=1S/C15H20N2O2/c1-10-6-7-16-9-12(10)17-15(18)14-8-11-4-2-3-5-13(11)19-14/h2-5,10,12,14,16H,6-9H2,1H3,(H,17,18). The molecule has 2 aliphatic rings. The Kier molecular flexibility index (Phi) is 3.42. The minimum absolute atomic E-state index is 0.0109. The summed E-state index contributed by atoms with van der Waals surface area (Å²) in [6, 6.07) is 8.08. The maximum atomic E-state index is 12.3. The molecule has 2 heterocycles. The van der Waals surface area contributed by atoms with Crippen molar-refractivity contribution in [3.8, 4) is 5.75 Å². The fraction of sp³-hybridized carbons (Fsp3) is 0.533. The van der Waals surface area contributed by atoms with Crippen LogP contribution in [0, 0.1) is 5.92 Å². The van der Waals surface area contributed by atoms with Crippen molar-refractivity contribution < 1.29 is 9.53 Å². The second kappa shape index (κ2) is 5.21. The van der Waals surface area contributed by atoms with E-state index >= 15 is 0 Å². The smallest absolute Gasteiger partial charge is 0.261 e. The summed E-state index contributed by atoms with van der Waals surface area (Å²) < 4.78 is 5.71. The van der Waals surface area contributed by atoms with Crippen LogP contribution in [0.3, 0.4) is 0 Å². The second-order valence-corrected chi connectivity index (χ2v) is 5.50. The summed E-state index contributed by atoms with van der Waals surface area (Å²) in [7, 11) is 0. The van der Waals surface area contributed by atoms with Crippen LogP contribution in [0.5, 0.6) is 5.75 Å². The number of rotatable bonds is 2. The number of carbonyl (C=O) groups excluding carboxylic acids is 1. The van der Waals surface area contributed by atoms with Crippen LogP contribution in [0.4, 0.5) is 0 Å². The van der Waals surface area contributed by atoms with Gasteiger partial charge in [0.15, 0.2) is 6.10 Å². The predicted octanol–water partition coefficient (Wildman–Crippen LogP) is 1.10. The lowest BCUT2D eigenvalue weighted by Gasteiger charge is -2.30. The largest absolute Gasteiger partial charge is 0.480 e. The van der Waals surface area contributed by atoms with Crippen LogP contribution in [-0.4, -0.2) is 31.1 Å². The van der Waals surface area contributed by atoms with Gasteiger partial charge in [0.05, 0.1) is 0 Å². The van der Waals surface area contributed by atoms with Crippen molar-refractivity contribution in [3.05, 3.63) is 29.8 Å². The summed E-state index contributed by atoms with van der Waals surface area (Å²) in [5, 5.41) is 6.44. The van der Waals surface area contributed by atoms with Crippen LogP contribution in [0.25, 0.3) is 0 Å². The summed E-state index contributed by atoms with van der Waals surface area (Å²) >= 11 is 0. The third kappa shape index (κ3) is 2.59. The van der Waals surface area contributed by atoms with E-state index in [0.29, 0.717) is 12.3 Å². The second-order valence-electron chi connectivity index (χ2n) is 5.50. The summed E-state index contributed by atoms with van der Waals surface area (Å²) in [6.07, 6.45) is 1.42. The van der Waals surface area contributed by atoms with Crippen LogP contribution in [-0.2, 0) is 11.2 Å². The molecule has 0 aromatic heterocycles. The normalized spacial score (nSPS) is 29.4. The third-order valence-electron chi connectivity index (χ3n) is 4.09. The van der Waals surface area contributed by atoms with Crippen LogP contribution in [0.1, 0.15) is 18.9 Å². The number of amides is 1. The van der Waals surface area contributed by atoms with Gasteiger partial charge in [0, 0.05) is 19.0 Å². The minimum atomic E-state index is -0.369. The summed E-state index contributed by atoms with van der Waals surface area (Å²) in [5.74, 6) is 1.38. The molecule has 2 N–H and O–H groups in total. The maximum absolute atomic E-state index is 12.3. The Morgan fingerprint density at radius 3 is 3.05 bits per heavy atom. The number of fused-ring (bicyclic) bond motifs is 1. The first-order valence-electron chi connectivity index (χ1n) is 6.99. The predicted molar refractivity (Wildman–Crippen MR) is 73.1 cm³/mol. The van der Waals surface area contributed by atoms with Gasteiger partial charge >= 0.3 is 0 Å². The molecule has 0 bridgehead atoms. The van der Waals surface area contributed by atoms with Crippen molar-refractivity contribution >= 4 is 5.91 Å². The van der Waals surface area contributed by atoms with E-state index in [1.807, 2.05) is 24.3 Å². The molecule has 1 saturated heterocycles. The SMILES string of the molecule is CC1CCNCC1NC(=O)C1Cc2ccccc2O1. The quantitative estimate of drug-likeness (QED) is 0.837. The van der Waals surface area contributed by atoms with Crippen LogP contribution >= 0.6 is 0 Å². The van der Waals surface area contributed by atoms with E-state index in [9.17, 15) is 4.79 Å². The Balaban J connectivity index is 1.60. The molecule has 4 nitrogen and oxygen atoms in total. The zero-order chi connectivity index (χ0) is 13.2. The molecule has 0 saturated carbocycles. The number of ether oxygens (including phenoxy) is 1. The maximum Gasteiger partial charge on any atom is 0.261 e. The van der Waals surface area contributed by atoms with Crippen LogP contribution < -0.4 is 15.4 Å². The van der Waals surface area contributed by atoms with Gasteiger partial charge in [-0.2, -0.15) is 0 Å². The molecule has 1 aromatic carbocycles. The van der Waals surface area contributed by atoms with Gasteiger partial charge in [-0.1, -0.05) is 25.1 Å². The number of benzene rings is 1. The Morgan fingerprint density at radius 2 is 2.26 bits per heavy atom. The Hall–Kier alpha value is -1.55. The third-order valence-corrected chi connectivity index (χ3v) is 4.09. The molecule has 4 heteroatoms. The average molecular weight is 260 g/mol. The highest BCUT2D eigenvalue weighted by Gasteiger charge is 2.31. The highest BCUT2D eigenvalue weighted by atomic mass is 16.5. The van der Waals surface area contributed by atoms with Gasteiger partial charge in [0.2, 0.25) is 0 Å². The van der Waals surface area contributed by atoms with Gasteiger partial charge < -0.3 is 15.4 Å². The van der Waals surface area contributed by atoms with Crippen molar-refractivity contribution in [3.63, 3.8) is 0 Å². The van der Waals surface area contributed by atoms with E-state index < -0.39 is 0 Å². The molecule has 1 amide bonds. The molecular weight excluding hydrogens is 240 g/mol. The first-order valence-corrected chi connectivity index (χ1v) is 6.99. The zero-order valence-corrected chi connectivity index (χ0v) is 11.2. The first-order chi connectivity index (χ1) is 9.24. The van der Waals surface area contributed by atoms with Crippen molar-refractivity contribution in [1.29, 1.82) is 0 Å². The topological polar surface area (TPSA) is 50.4 Å². The zero-order valence-electron chi connectivity index (χ0n) is 11.2. The van der Waals surface area contributed by atoms with Gasteiger partial charge in [0.25, 0.3) is 5.91 Å². The highest BCUT2D eigenvalue weighted by molar-refractivity contribution is 5.82. The summed E-state index contributed by atoms with van der Waals surface area (Å²) in [5.41, 5.74) is 1.12. The van der Waals surface area contributed by atoms with Crippen molar-refractivity contribution in [1.82, 2.24) is 10.6 Å². The molecule has 2 aliphatic heterocycles. The minimum Gasteiger partial charge on any atom is -0.480 e. The van der Waals surface area contributed by atoms with Crippen molar-refractivity contribution in [2.45, 2.75) is 31.9 Å². The van der Waals surface area contributed by atoms with E-state index in [1.165, 1.54) is 0 Å². The lowest BCUT2D eigenvalue weighted by Crippen LogP contribution is -2.53. The molecule has 102 valence electrons. The monoisotopic (exact) mass is 260 g/mol. The fourth-order valence-corrected chi connectivity index (χ4v) is 2.79. The summed E-state index contributed by atoms with van der Waals surface area (Å²) in [6.45, 7) is 4.08. The Labute approximate surface area is 113 Å². The highest BCUT2D eigenvalue weighted by Crippen LogP contribution is 2.28. The number of hydrogen-bond donors (Lipinski definition) is 2. The van der Waals surface area contributed by atoms with Gasteiger partial charge in [-0.15, -0.1) is 0 Å². The molecule has 3 rings (SSSR count). The van der Waals surface area contributed by atoms with E-state index in [-0.39, 0.29) is 18.1 Å². The fourth-order valence-electron chi connectivity index (χ4n) is 2.79. The molecule has 19 heavy (non-hydrogen) atoms. The molecule has 3 atom stereocenters. The van der Waals surface area contributed by atoms with Crippen molar-refractivity contribution in [2.24, 2.45) is 5.92 Å². The molecule has 1 aromatic rings. The van der Waals surface area contributed by atoms with E-state index in [2.05, 4.69) is 17.6 Å². The molecule has 0 spiro atoms. The van der Waals surface area contributed by atoms with Gasteiger partial charge in [-0.25, -0.2) is 0 Å². The number of nitrogens with one attached hydrogen (secondary N) is 2. The molecule has 1 fully saturated rings. The van der Waals surface area contributed by atoms with E-state index in [1.54, 1.807) is 0 Å². The number of carbonyl (C=O) groups is 1. The molecule has 0 aliphatic carbocycles. The summed E-state index contributed by atoms with van der Waals surface area (Å²) in [4.78, 5) is 12.3. The molecule has 0 radical (unpaired) electrons. The van der Waals surface area contributed by atoms with Crippen LogP contribution in [0.2, 0.25) is 0 Å². The van der Waals surface area contributed by atoms with Gasteiger partial charge in [-0.3, -0.25) is 4.79 Å². The van der Waals surface area contributed by atoms with E-state index in [4.69, 9.17) is 4.74 Å². The lowest BCUT2D eigenvalue weighted by atomic mass is 9.94. The number of piperidine rings is 1. The van der Waals surface area contributed by atoms with Gasteiger partial charge in [0.1, 0.15) is 5.75 Å². The molecular formula is C15H20N2O2. The Morgan fingerprint density at radius 1 is 1.42 bits per heavy atom. The van der Waals surface area contributed by atoms with Gasteiger partial charge in [-0.05, 0) is 30.5 Å². The first kappa shape index (κ1) is 12.5. The number of hydrogen-bond acceptors (Lipinski definition) is 3.